The first-order chi connectivity index (χ1) is 20.2. The van der Waals surface area contributed by atoms with Crippen molar-refractivity contribution in [1.82, 2.24) is 19.9 Å². The van der Waals surface area contributed by atoms with Crippen molar-refractivity contribution >= 4 is 52.2 Å². The summed E-state index contributed by atoms with van der Waals surface area (Å²) in [5, 5.41) is 19.2. The number of benzene rings is 3. The number of hydrogen-bond acceptors (Lipinski definition) is 6. The Balaban J connectivity index is 0.000000612. The molecule has 0 unspecified atom stereocenters. The molecule has 9 nitrogen and oxygen atoms in total. The van der Waals surface area contributed by atoms with Crippen LogP contribution in [0.25, 0.3) is 11.0 Å². The van der Waals surface area contributed by atoms with Gasteiger partial charge < -0.3 is 20.1 Å². The summed E-state index contributed by atoms with van der Waals surface area (Å²) in [7, 11) is 0. The smallest absolute Gasteiger partial charge is 0.414 e. The molecule has 12 heteroatoms. The Labute approximate surface area is 249 Å². The highest BCUT2D eigenvalue weighted by Gasteiger charge is 2.13. The molecule has 0 aliphatic rings. The van der Waals surface area contributed by atoms with Crippen LogP contribution >= 0.6 is 23.4 Å². The molecule has 42 heavy (non-hydrogen) atoms. The predicted octanol–water partition coefficient (Wildman–Crippen LogP) is 5.65. The minimum Gasteiger partial charge on any atom is -0.473 e. The Bertz CT molecular complexity index is 1700. The highest BCUT2D eigenvalue weighted by atomic mass is 35.5. The molecular formula is C30H24ClFN4O5S. The molecule has 0 aliphatic heterocycles. The summed E-state index contributed by atoms with van der Waals surface area (Å²) in [4.78, 5) is 39.8. The van der Waals surface area contributed by atoms with Crippen LogP contribution in [-0.2, 0) is 28.4 Å². The first kappa shape index (κ1) is 30.2. The van der Waals surface area contributed by atoms with Crippen molar-refractivity contribution in [2.45, 2.75) is 24.0 Å². The van der Waals surface area contributed by atoms with Crippen LogP contribution in [0.4, 0.5) is 4.39 Å². The third kappa shape index (κ3) is 8.38. The molecular weight excluding hydrogens is 583 g/mol. The average Bonchev–Trinajstić information content (AvgIpc) is 3.33. The summed E-state index contributed by atoms with van der Waals surface area (Å²) < 4.78 is 15.5. The Morgan fingerprint density at radius 1 is 0.905 bits per heavy atom. The standard InChI is InChI=1S/C28H22ClFN4OS.C2H2O4/c29-23-3-1-2-21(14-23)15-32-27(35)22-8-4-20(5-9-22)18-36-28-33-25-12-13-31-16-26(25)34(28)17-19-6-10-24(30)11-7-19;3-1(4)2(5)6/h1-14,16H,15,17-18H2,(H,32,35);(H,3,4)(H,5,6). The van der Waals surface area contributed by atoms with Crippen LogP contribution in [0.15, 0.2) is 96.4 Å². The van der Waals surface area contributed by atoms with Crippen LogP contribution < -0.4 is 5.32 Å². The van der Waals surface area contributed by atoms with Gasteiger partial charge in [-0.05, 0) is 59.2 Å². The number of hydrogen-bond donors (Lipinski definition) is 3. The van der Waals surface area contributed by atoms with Crippen molar-refractivity contribution in [3.8, 4) is 0 Å². The largest absolute Gasteiger partial charge is 0.473 e. The normalized spacial score (nSPS) is 10.5. The van der Waals surface area contributed by atoms with Crippen LogP contribution in [0.2, 0.25) is 5.02 Å². The zero-order chi connectivity index (χ0) is 30.1. The van der Waals surface area contributed by atoms with E-state index in [1.54, 1.807) is 42.4 Å². The molecule has 2 heterocycles. The van der Waals surface area contributed by atoms with Gasteiger partial charge in [-0.1, -0.05) is 59.8 Å². The molecule has 0 saturated heterocycles. The van der Waals surface area contributed by atoms with E-state index in [1.165, 1.54) is 12.1 Å². The maximum Gasteiger partial charge on any atom is 0.414 e. The van der Waals surface area contributed by atoms with E-state index in [2.05, 4.69) is 14.9 Å². The minimum absolute atomic E-state index is 0.136. The van der Waals surface area contributed by atoms with Gasteiger partial charge in [0.15, 0.2) is 5.16 Å². The van der Waals surface area contributed by atoms with Crippen molar-refractivity contribution in [1.29, 1.82) is 0 Å². The highest BCUT2D eigenvalue weighted by molar-refractivity contribution is 7.98. The average molecular weight is 607 g/mol. The maximum absolute atomic E-state index is 13.4. The van der Waals surface area contributed by atoms with Gasteiger partial charge in [0.1, 0.15) is 5.82 Å². The van der Waals surface area contributed by atoms with Gasteiger partial charge in [0.05, 0.1) is 23.8 Å². The number of nitrogens with one attached hydrogen (secondary N) is 1. The number of halogens is 2. The molecule has 3 aromatic carbocycles. The topological polar surface area (TPSA) is 134 Å². The lowest BCUT2D eigenvalue weighted by Crippen LogP contribution is -2.22. The lowest BCUT2D eigenvalue weighted by Gasteiger charge is -2.10. The number of carboxylic acids is 2. The fraction of sp³-hybridized carbons (Fsp3) is 0.100. The molecule has 5 aromatic rings. The first-order valence-electron chi connectivity index (χ1n) is 12.4. The summed E-state index contributed by atoms with van der Waals surface area (Å²) in [5.74, 6) is -3.36. The molecule has 0 radical (unpaired) electrons. The summed E-state index contributed by atoms with van der Waals surface area (Å²) in [5.41, 5.74) is 5.39. The number of aliphatic carboxylic acids is 2. The summed E-state index contributed by atoms with van der Waals surface area (Å²) in [6.45, 7) is 0.979. The lowest BCUT2D eigenvalue weighted by molar-refractivity contribution is -0.159. The third-order valence-corrected chi connectivity index (χ3v) is 7.16. The molecule has 0 saturated carbocycles. The molecule has 1 amide bonds. The number of fused-ring (bicyclic) bond motifs is 1. The van der Waals surface area contributed by atoms with E-state index >= 15 is 0 Å². The predicted molar refractivity (Wildman–Crippen MR) is 157 cm³/mol. The van der Waals surface area contributed by atoms with Gasteiger partial charge in [0.2, 0.25) is 0 Å². The van der Waals surface area contributed by atoms with Crippen molar-refractivity contribution in [3.05, 3.63) is 124 Å². The number of pyridine rings is 1. The van der Waals surface area contributed by atoms with Crippen LogP contribution in [0.1, 0.15) is 27.0 Å². The number of carbonyl (C=O) groups excluding carboxylic acids is 1. The van der Waals surface area contributed by atoms with Gasteiger partial charge >= 0.3 is 11.9 Å². The minimum atomic E-state index is -1.82. The van der Waals surface area contributed by atoms with E-state index in [1.807, 2.05) is 48.5 Å². The van der Waals surface area contributed by atoms with E-state index in [0.717, 1.165) is 32.9 Å². The Kier molecular flexibility index (Phi) is 10.2. The number of imidazole rings is 1. The van der Waals surface area contributed by atoms with Gasteiger partial charge in [0.25, 0.3) is 5.91 Å². The monoisotopic (exact) mass is 606 g/mol. The van der Waals surface area contributed by atoms with E-state index < -0.39 is 11.9 Å². The number of carboxylic acid groups (broad SMARTS) is 2. The van der Waals surface area contributed by atoms with E-state index in [-0.39, 0.29) is 11.7 Å². The molecule has 0 fully saturated rings. The molecule has 0 aliphatic carbocycles. The van der Waals surface area contributed by atoms with Crippen LogP contribution in [0, 0.1) is 5.82 Å². The van der Waals surface area contributed by atoms with E-state index in [0.29, 0.717) is 29.4 Å². The molecule has 214 valence electrons. The van der Waals surface area contributed by atoms with E-state index in [4.69, 9.17) is 36.4 Å². The fourth-order valence-corrected chi connectivity index (χ4v) is 5.00. The van der Waals surface area contributed by atoms with Crippen molar-refractivity contribution in [3.63, 3.8) is 0 Å². The number of aromatic nitrogens is 3. The molecule has 0 bridgehead atoms. The lowest BCUT2D eigenvalue weighted by atomic mass is 10.1. The Morgan fingerprint density at radius 3 is 2.26 bits per heavy atom. The second-order valence-electron chi connectivity index (χ2n) is 8.88. The zero-order valence-corrected chi connectivity index (χ0v) is 23.5. The van der Waals surface area contributed by atoms with Gasteiger partial charge in [-0.2, -0.15) is 0 Å². The SMILES string of the molecule is O=C(NCc1cccc(Cl)c1)c1ccc(CSc2nc3ccncc3n2Cc2ccc(F)cc2)cc1.O=C(O)C(=O)O. The number of carbonyl (C=O) groups is 3. The van der Waals surface area contributed by atoms with Gasteiger partial charge in [-0.15, -0.1) is 0 Å². The molecule has 0 spiro atoms. The van der Waals surface area contributed by atoms with Gasteiger partial charge in [-0.3, -0.25) is 9.78 Å². The molecule has 2 aromatic heterocycles. The summed E-state index contributed by atoms with van der Waals surface area (Å²) in [6.07, 6.45) is 3.52. The molecule has 5 rings (SSSR count). The van der Waals surface area contributed by atoms with Crippen LogP contribution in [0.5, 0.6) is 0 Å². The number of thioether (sulfide) groups is 1. The molecule has 0 atom stereocenters. The third-order valence-electron chi connectivity index (χ3n) is 5.88. The molecule has 3 N–H and O–H groups in total. The fourth-order valence-electron chi connectivity index (χ4n) is 3.81. The maximum atomic E-state index is 13.4. The summed E-state index contributed by atoms with van der Waals surface area (Å²) >= 11 is 7.62. The van der Waals surface area contributed by atoms with Crippen molar-refractivity contribution in [2.75, 3.05) is 0 Å². The number of nitrogens with zero attached hydrogens (tertiary/aromatic N) is 3. The van der Waals surface area contributed by atoms with Crippen LogP contribution in [-0.4, -0.2) is 42.6 Å². The Morgan fingerprint density at radius 2 is 1.60 bits per heavy atom. The van der Waals surface area contributed by atoms with E-state index in [9.17, 15) is 9.18 Å². The highest BCUT2D eigenvalue weighted by Crippen LogP contribution is 2.27. The van der Waals surface area contributed by atoms with Crippen molar-refractivity contribution in [2.24, 2.45) is 0 Å². The zero-order valence-electron chi connectivity index (χ0n) is 21.9. The number of rotatable bonds is 8. The summed E-state index contributed by atoms with van der Waals surface area (Å²) in [6, 6.07) is 23.4. The van der Waals surface area contributed by atoms with Gasteiger partial charge in [0, 0.05) is 29.1 Å². The van der Waals surface area contributed by atoms with Gasteiger partial charge in [-0.25, -0.2) is 19.0 Å². The van der Waals surface area contributed by atoms with Crippen molar-refractivity contribution < 1.29 is 29.0 Å². The van der Waals surface area contributed by atoms with Crippen LogP contribution in [0.3, 0.4) is 0 Å². The second-order valence-corrected chi connectivity index (χ2v) is 10.3. The number of amides is 1. The Hall–Kier alpha value is -4.74. The first-order valence-corrected chi connectivity index (χ1v) is 13.8. The quantitative estimate of drug-likeness (QED) is 0.152. The second kappa shape index (κ2) is 14.2.